The topological polar surface area (TPSA) is 0 Å². The molecular formula is C10H11I. The molecule has 0 heterocycles. The lowest BCUT2D eigenvalue weighted by Crippen LogP contribution is -1.87. The first-order valence-corrected chi connectivity index (χ1v) is 5.26. The molecule has 1 aromatic carbocycles. The number of fused-ring (bicyclic) bond motifs is 1. The van der Waals surface area contributed by atoms with E-state index in [1.165, 1.54) is 18.4 Å². The molecule has 0 nitrogen and oxygen atoms in total. The molecule has 0 saturated carbocycles. The summed E-state index contributed by atoms with van der Waals surface area (Å²) in [6.45, 7) is 2.22. The molecule has 11 heavy (non-hydrogen) atoms. The molecule has 1 heteroatoms. The third kappa shape index (κ3) is 1.19. The van der Waals surface area contributed by atoms with Crippen LogP contribution in [0.15, 0.2) is 18.2 Å². The van der Waals surface area contributed by atoms with E-state index < -0.39 is 0 Å². The number of alkyl halides is 1. The summed E-state index contributed by atoms with van der Waals surface area (Å²) < 4.78 is 0.767. The number of benzene rings is 1. The number of hydrogen-bond acceptors (Lipinski definition) is 0. The molecule has 1 atom stereocenters. The predicted octanol–water partition coefficient (Wildman–Crippen LogP) is 3.42. The van der Waals surface area contributed by atoms with Crippen molar-refractivity contribution in [1.82, 2.24) is 0 Å². The predicted molar refractivity (Wildman–Crippen MR) is 56.3 cm³/mol. The van der Waals surface area contributed by atoms with Crippen LogP contribution in [-0.4, -0.2) is 0 Å². The molecule has 0 radical (unpaired) electrons. The molecule has 58 valence electrons. The second kappa shape index (κ2) is 2.77. The molecule has 0 amide bonds. The van der Waals surface area contributed by atoms with Gasteiger partial charge in [0.05, 0.1) is 0 Å². The van der Waals surface area contributed by atoms with Gasteiger partial charge in [0.1, 0.15) is 0 Å². The Labute approximate surface area is 81.1 Å². The highest BCUT2D eigenvalue weighted by Gasteiger charge is 2.20. The van der Waals surface area contributed by atoms with Gasteiger partial charge in [-0.25, -0.2) is 0 Å². The fourth-order valence-electron chi connectivity index (χ4n) is 1.83. The van der Waals surface area contributed by atoms with Crippen LogP contribution in [0, 0.1) is 6.92 Å². The number of hydrogen-bond donors (Lipinski definition) is 0. The molecule has 0 spiro atoms. The lowest BCUT2D eigenvalue weighted by molar-refractivity contribution is 0.914. The Kier molecular flexibility index (Phi) is 1.91. The lowest BCUT2D eigenvalue weighted by Gasteiger charge is -2.05. The average molecular weight is 258 g/mol. The largest absolute Gasteiger partial charge is 0.0774 e. The van der Waals surface area contributed by atoms with Crippen LogP contribution in [0.2, 0.25) is 0 Å². The van der Waals surface area contributed by atoms with Gasteiger partial charge < -0.3 is 0 Å². The van der Waals surface area contributed by atoms with Gasteiger partial charge in [0.25, 0.3) is 0 Å². The standard InChI is InChI=1S/C10H11I/c1-7-3-2-4-8-5-6-9(11)10(7)8/h2-4,9H,5-6H2,1H3/t9-/m1/s1. The van der Waals surface area contributed by atoms with Crippen molar-refractivity contribution < 1.29 is 0 Å². The monoisotopic (exact) mass is 258 g/mol. The highest BCUT2D eigenvalue weighted by Crippen LogP contribution is 2.39. The third-order valence-corrected chi connectivity index (χ3v) is 3.64. The Bertz CT molecular complexity index is 278. The minimum atomic E-state index is 0.767. The van der Waals surface area contributed by atoms with Gasteiger partial charge in [-0.2, -0.15) is 0 Å². The zero-order chi connectivity index (χ0) is 7.84. The molecular weight excluding hydrogens is 247 g/mol. The van der Waals surface area contributed by atoms with E-state index in [9.17, 15) is 0 Å². The SMILES string of the molecule is Cc1cccc2c1[C@H](I)CC2. The van der Waals surface area contributed by atoms with E-state index in [2.05, 4.69) is 47.7 Å². The van der Waals surface area contributed by atoms with E-state index in [1.54, 1.807) is 11.1 Å². The molecule has 2 rings (SSSR count). The van der Waals surface area contributed by atoms with Gasteiger partial charge in [-0.05, 0) is 36.5 Å². The van der Waals surface area contributed by atoms with Crippen LogP contribution in [0.3, 0.4) is 0 Å². The van der Waals surface area contributed by atoms with E-state index in [4.69, 9.17) is 0 Å². The quantitative estimate of drug-likeness (QED) is 0.494. The van der Waals surface area contributed by atoms with Crippen LogP contribution in [-0.2, 0) is 6.42 Å². The van der Waals surface area contributed by atoms with E-state index in [0.717, 1.165) is 3.92 Å². The van der Waals surface area contributed by atoms with Crippen molar-refractivity contribution in [3.05, 3.63) is 34.9 Å². The van der Waals surface area contributed by atoms with Gasteiger partial charge in [0, 0.05) is 3.92 Å². The van der Waals surface area contributed by atoms with Gasteiger partial charge in [0.15, 0.2) is 0 Å². The smallest absolute Gasteiger partial charge is 0.0368 e. The van der Waals surface area contributed by atoms with E-state index in [1.807, 2.05) is 0 Å². The Morgan fingerprint density at radius 1 is 1.45 bits per heavy atom. The maximum absolute atomic E-state index is 2.55. The van der Waals surface area contributed by atoms with Crippen LogP contribution >= 0.6 is 22.6 Å². The summed E-state index contributed by atoms with van der Waals surface area (Å²) in [7, 11) is 0. The molecule has 1 aromatic rings. The van der Waals surface area contributed by atoms with Gasteiger partial charge in [-0.15, -0.1) is 0 Å². The van der Waals surface area contributed by atoms with Gasteiger partial charge >= 0.3 is 0 Å². The molecule has 1 aliphatic carbocycles. The maximum Gasteiger partial charge on any atom is 0.0368 e. The van der Waals surface area contributed by atoms with Crippen molar-refractivity contribution in [3.63, 3.8) is 0 Å². The first-order valence-electron chi connectivity index (χ1n) is 4.01. The van der Waals surface area contributed by atoms with Crippen molar-refractivity contribution in [1.29, 1.82) is 0 Å². The molecule has 0 fully saturated rings. The van der Waals surface area contributed by atoms with Gasteiger partial charge in [0.2, 0.25) is 0 Å². The zero-order valence-corrected chi connectivity index (χ0v) is 8.76. The normalized spacial score (nSPS) is 21.8. The average Bonchev–Trinajstić information content (AvgIpc) is 2.34. The summed E-state index contributed by atoms with van der Waals surface area (Å²) in [5.41, 5.74) is 4.65. The molecule has 1 aliphatic rings. The van der Waals surface area contributed by atoms with Crippen LogP contribution in [0.25, 0.3) is 0 Å². The molecule has 0 bridgehead atoms. The highest BCUT2D eigenvalue weighted by atomic mass is 127. The van der Waals surface area contributed by atoms with Crippen molar-refractivity contribution in [2.24, 2.45) is 0 Å². The Balaban J connectivity index is 2.58. The second-order valence-electron chi connectivity index (χ2n) is 3.15. The van der Waals surface area contributed by atoms with E-state index in [-0.39, 0.29) is 0 Å². The molecule has 0 aromatic heterocycles. The van der Waals surface area contributed by atoms with Gasteiger partial charge in [-0.1, -0.05) is 40.8 Å². The van der Waals surface area contributed by atoms with Crippen molar-refractivity contribution in [2.75, 3.05) is 0 Å². The Morgan fingerprint density at radius 3 is 3.00 bits per heavy atom. The Hall–Kier alpha value is -0.0500. The van der Waals surface area contributed by atoms with Crippen LogP contribution in [0.4, 0.5) is 0 Å². The number of aryl methyl sites for hydroxylation is 2. The number of rotatable bonds is 0. The minimum Gasteiger partial charge on any atom is -0.0774 e. The summed E-state index contributed by atoms with van der Waals surface area (Å²) in [4.78, 5) is 0. The Morgan fingerprint density at radius 2 is 2.27 bits per heavy atom. The summed E-state index contributed by atoms with van der Waals surface area (Å²) in [5.74, 6) is 0. The van der Waals surface area contributed by atoms with E-state index >= 15 is 0 Å². The first kappa shape index (κ1) is 7.59. The van der Waals surface area contributed by atoms with Crippen LogP contribution in [0.5, 0.6) is 0 Å². The molecule has 0 aliphatic heterocycles. The van der Waals surface area contributed by atoms with Crippen molar-refractivity contribution >= 4 is 22.6 Å². The zero-order valence-electron chi connectivity index (χ0n) is 6.60. The van der Waals surface area contributed by atoms with Crippen molar-refractivity contribution in [3.8, 4) is 0 Å². The lowest BCUT2D eigenvalue weighted by atomic mass is 10.1. The summed E-state index contributed by atoms with van der Waals surface area (Å²) in [6.07, 6.45) is 2.62. The first-order chi connectivity index (χ1) is 5.29. The number of halogens is 1. The fraction of sp³-hybridized carbons (Fsp3) is 0.400. The second-order valence-corrected chi connectivity index (χ2v) is 4.66. The van der Waals surface area contributed by atoms with Crippen LogP contribution in [0.1, 0.15) is 27.0 Å². The molecule has 0 N–H and O–H groups in total. The van der Waals surface area contributed by atoms with Crippen molar-refractivity contribution in [2.45, 2.75) is 23.7 Å². The van der Waals surface area contributed by atoms with Crippen LogP contribution < -0.4 is 0 Å². The van der Waals surface area contributed by atoms with Gasteiger partial charge in [-0.3, -0.25) is 0 Å². The summed E-state index contributed by atoms with van der Waals surface area (Å²) in [5, 5.41) is 0. The highest BCUT2D eigenvalue weighted by molar-refractivity contribution is 14.1. The fourth-order valence-corrected chi connectivity index (χ4v) is 3.04. The van der Waals surface area contributed by atoms with E-state index in [0.29, 0.717) is 0 Å². The third-order valence-electron chi connectivity index (χ3n) is 2.39. The maximum atomic E-state index is 2.55. The summed E-state index contributed by atoms with van der Waals surface area (Å²) >= 11 is 2.55. The summed E-state index contributed by atoms with van der Waals surface area (Å²) in [6, 6.07) is 6.65. The molecule has 0 unspecified atom stereocenters. The minimum absolute atomic E-state index is 0.767. The molecule has 0 saturated heterocycles.